The molecule has 5 aromatic rings. The lowest BCUT2D eigenvalue weighted by molar-refractivity contribution is 0.0135. The van der Waals surface area contributed by atoms with E-state index in [1.54, 1.807) is 13.0 Å². The molecule has 0 spiro atoms. The summed E-state index contributed by atoms with van der Waals surface area (Å²) >= 11 is 7.08. The number of rotatable bonds is 13. The van der Waals surface area contributed by atoms with Gasteiger partial charge in [-0.05, 0) is 88.0 Å². The molecule has 3 aromatic carbocycles. The maximum Gasteiger partial charge on any atom is 0.355 e. The summed E-state index contributed by atoms with van der Waals surface area (Å²) in [7, 11) is 3.92. The Hall–Kier alpha value is -3.96. The molecule has 2 aromatic heterocycles. The Bertz CT molecular complexity index is 1920. The number of esters is 1. The summed E-state index contributed by atoms with van der Waals surface area (Å²) in [6, 6.07) is 14.2. The number of nitrogens with zero attached hydrogens (tertiary/aromatic N) is 3. The molecule has 1 aliphatic heterocycles. The normalized spacial score (nSPS) is 14.5. The number of morpholine rings is 1. The summed E-state index contributed by atoms with van der Waals surface area (Å²) in [4.78, 5) is 19.3. The van der Waals surface area contributed by atoms with E-state index >= 15 is 0 Å². The third-order valence-corrected chi connectivity index (χ3v) is 9.54. The molecule has 0 unspecified atom stereocenters. The van der Waals surface area contributed by atoms with Gasteiger partial charge in [0.2, 0.25) is 0 Å². The van der Waals surface area contributed by atoms with Crippen LogP contribution in [0.25, 0.3) is 32.8 Å². The van der Waals surface area contributed by atoms with Crippen LogP contribution in [-0.2, 0) is 22.9 Å². The molecule has 2 N–H and O–H groups in total. The summed E-state index contributed by atoms with van der Waals surface area (Å²) < 4.78 is 33.1. The second kappa shape index (κ2) is 15.1. The van der Waals surface area contributed by atoms with Gasteiger partial charge >= 0.3 is 5.97 Å². The molecule has 1 saturated heterocycles. The molecule has 1 atom stereocenters. The Morgan fingerprint density at radius 2 is 1.94 bits per heavy atom. The van der Waals surface area contributed by atoms with Crippen LogP contribution >= 0.6 is 11.6 Å². The van der Waals surface area contributed by atoms with Gasteiger partial charge in [0.15, 0.2) is 0 Å². The number of fused-ring (bicyclic) bond motifs is 2. The zero-order valence-corrected chi connectivity index (χ0v) is 28.8. The standard InChI is InChI=1S/C37H43ClFN5O4/c1-5-47-37(45)35-27(9-7-19-48-31-10-6-8-24-22-25(39)11-12-26(24)31)28-13-14-29(38)33(34(28)41-35)32-23(2)43(4)42-36(32)30(15-16-40-3)44-17-20-46-21-18-44/h6,8,10-14,22,30,40-41H,5,7,9,15-21H2,1-4H3/t30-/m1/s1. The molecule has 6 rings (SSSR count). The van der Waals surface area contributed by atoms with Crippen LogP contribution in [-0.4, -0.2) is 78.7 Å². The molecule has 0 amide bonds. The number of aromatic amines is 1. The third kappa shape index (κ3) is 6.80. The molecular weight excluding hydrogens is 633 g/mol. The number of aryl methyl sites for hydroxylation is 2. The fourth-order valence-electron chi connectivity index (χ4n) is 6.80. The minimum Gasteiger partial charge on any atom is -0.493 e. The van der Waals surface area contributed by atoms with Gasteiger partial charge in [-0.1, -0.05) is 29.8 Å². The van der Waals surface area contributed by atoms with Gasteiger partial charge in [0.05, 0.1) is 48.7 Å². The summed E-state index contributed by atoms with van der Waals surface area (Å²) in [6.45, 7) is 8.34. The second-order valence-corrected chi connectivity index (χ2v) is 12.6. The van der Waals surface area contributed by atoms with Crippen molar-refractivity contribution >= 4 is 39.2 Å². The zero-order valence-electron chi connectivity index (χ0n) is 28.0. The van der Waals surface area contributed by atoms with Gasteiger partial charge < -0.3 is 24.5 Å². The summed E-state index contributed by atoms with van der Waals surface area (Å²) in [6.07, 6.45) is 2.06. The summed E-state index contributed by atoms with van der Waals surface area (Å²) in [5, 5.41) is 11.5. The SMILES string of the molecule is CCOC(=O)c1[nH]c2c(-c3c([C@@H](CCNC)N4CCOCC4)nn(C)c3C)c(Cl)ccc2c1CCCOc1cccc2cc(F)ccc12. The summed E-state index contributed by atoms with van der Waals surface area (Å²) in [5.74, 6) is -0.00181. The highest BCUT2D eigenvalue weighted by Crippen LogP contribution is 2.43. The average molecular weight is 676 g/mol. The Balaban J connectivity index is 1.38. The van der Waals surface area contributed by atoms with Gasteiger partial charge in [0.25, 0.3) is 0 Å². The Kier molecular flexibility index (Phi) is 10.7. The number of nitrogens with one attached hydrogen (secondary N) is 2. The highest BCUT2D eigenvalue weighted by Gasteiger charge is 2.31. The van der Waals surface area contributed by atoms with Gasteiger partial charge in [-0.3, -0.25) is 9.58 Å². The minimum absolute atomic E-state index is 0.0456. The number of hydrogen-bond donors (Lipinski definition) is 2. The molecule has 48 heavy (non-hydrogen) atoms. The van der Waals surface area contributed by atoms with Crippen LogP contribution in [0.2, 0.25) is 5.02 Å². The number of H-pyrrole nitrogens is 1. The predicted octanol–water partition coefficient (Wildman–Crippen LogP) is 6.99. The van der Waals surface area contributed by atoms with Gasteiger partial charge in [-0.25, -0.2) is 9.18 Å². The number of halogens is 2. The number of carbonyl (C=O) groups is 1. The van der Waals surface area contributed by atoms with E-state index in [1.165, 1.54) is 12.1 Å². The quantitative estimate of drug-likeness (QED) is 0.103. The average Bonchev–Trinajstić information content (AvgIpc) is 3.60. The first kappa shape index (κ1) is 33.9. The highest BCUT2D eigenvalue weighted by atomic mass is 35.5. The molecule has 1 fully saturated rings. The molecule has 3 heterocycles. The fourth-order valence-corrected chi connectivity index (χ4v) is 7.05. The van der Waals surface area contributed by atoms with Crippen LogP contribution in [0.3, 0.4) is 0 Å². The largest absolute Gasteiger partial charge is 0.493 e. The number of hydrogen-bond acceptors (Lipinski definition) is 7. The van der Waals surface area contributed by atoms with Crippen molar-refractivity contribution in [2.75, 3.05) is 53.1 Å². The molecule has 0 saturated carbocycles. The zero-order chi connectivity index (χ0) is 33.8. The van der Waals surface area contributed by atoms with Crippen LogP contribution < -0.4 is 10.1 Å². The van der Waals surface area contributed by atoms with Crippen molar-refractivity contribution in [3.63, 3.8) is 0 Å². The van der Waals surface area contributed by atoms with Crippen LogP contribution in [0.4, 0.5) is 4.39 Å². The van der Waals surface area contributed by atoms with Crippen molar-refractivity contribution in [2.45, 2.75) is 39.2 Å². The van der Waals surface area contributed by atoms with Crippen LogP contribution in [0.1, 0.15) is 53.2 Å². The monoisotopic (exact) mass is 675 g/mol. The van der Waals surface area contributed by atoms with E-state index in [2.05, 4.69) is 22.1 Å². The van der Waals surface area contributed by atoms with Crippen molar-refractivity contribution < 1.29 is 23.4 Å². The van der Waals surface area contributed by atoms with Crippen molar-refractivity contribution in [1.29, 1.82) is 0 Å². The predicted molar refractivity (Wildman–Crippen MR) is 188 cm³/mol. The van der Waals surface area contributed by atoms with Crippen molar-refractivity contribution in [2.24, 2.45) is 7.05 Å². The topological polar surface area (TPSA) is 93.6 Å². The highest BCUT2D eigenvalue weighted by molar-refractivity contribution is 6.35. The first-order valence-corrected chi connectivity index (χ1v) is 17.0. The van der Waals surface area contributed by atoms with E-state index in [-0.39, 0.29) is 18.5 Å². The number of ether oxygens (including phenoxy) is 3. The third-order valence-electron chi connectivity index (χ3n) is 9.22. The lowest BCUT2D eigenvalue weighted by Gasteiger charge is -2.34. The summed E-state index contributed by atoms with van der Waals surface area (Å²) in [5.41, 5.74) is 5.79. The van der Waals surface area contributed by atoms with E-state index < -0.39 is 5.97 Å². The van der Waals surface area contributed by atoms with Crippen LogP contribution in [0.5, 0.6) is 5.75 Å². The van der Waals surface area contributed by atoms with Gasteiger partial charge in [-0.2, -0.15) is 5.10 Å². The van der Waals surface area contributed by atoms with Gasteiger partial charge in [0, 0.05) is 47.7 Å². The fraction of sp³-hybridized carbons (Fsp3) is 0.405. The van der Waals surface area contributed by atoms with E-state index in [0.717, 1.165) is 75.8 Å². The molecule has 254 valence electrons. The molecule has 11 heteroatoms. The lowest BCUT2D eigenvalue weighted by Crippen LogP contribution is -2.40. The second-order valence-electron chi connectivity index (χ2n) is 12.1. The van der Waals surface area contributed by atoms with Crippen molar-refractivity contribution in [1.82, 2.24) is 25.0 Å². The first-order chi connectivity index (χ1) is 23.3. The lowest BCUT2D eigenvalue weighted by atomic mass is 9.94. The first-order valence-electron chi connectivity index (χ1n) is 16.6. The molecule has 0 bridgehead atoms. The molecular formula is C37H43ClFN5O4. The van der Waals surface area contributed by atoms with Crippen LogP contribution in [0, 0.1) is 12.7 Å². The Morgan fingerprint density at radius 3 is 2.71 bits per heavy atom. The molecule has 9 nitrogen and oxygen atoms in total. The number of carbonyl (C=O) groups excluding carboxylic acids is 1. The smallest absolute Gasteiger partial charge is 0.355 e. The van der Waals surface area contributed by atoms with Crippen molar-refractivity contribution in [3.8, 4) is 16.9 Å². The molecule has 1 aliphatic rings. The van der Waals surface area contributed by atoms with Gasteiger partial charge in [-0.15, -0.1) is 0 Å². The maximum atomic E-state index is 13.8. The van der Waals surface area contributed by atoms with Crippen molar-refractivity contribution in [3.05, 3.63) is 82.0 Å². The van der Waals surface area contributed by atoms with Crippen LogP contribution in [0.15, 0.2) is 48.5 Å². The number of benzene rings is 3. The Labute approximate surface area is 285 Å². The number of aromatic nitrogens is 3. The van der Waals surface area contributed by atoms with E-state index in [1.807, 2.05) is 49.1 Å². The Morgan fingerprint density at radius 1 is 1.15 bits per heavy atom. The van der Waals surface area contributed by atoms with E-state index in [4.69, 9.17) is 30.9 Å². The van der Waals surface area contributed by atoms with Gasteiger partial charge in [0.1, 0.15) is 17.3 Å². The van der Waals surface area contributed by atoms with E-state index in [0.29, 0.717) is 49.1 Å². The maximum absolute atomic E-state index is 13.8. The molecule has 0 radical (unpaired) electrons. The molecule has 0 aliphatic carbocycles. The minimum atomic E-state index is -0.411. The van der Waals surface area contributed by atoms with E-state index in [9.17, 15) is 9.18 Å².